The lowest BCUT2D eigenvalue weighted by molar-refractivity contribution is -0.174. The second kappa shape index (κ2) is 5.50. The molecule has 0 saturated heterocycles. The Labute approximate surface area is 97.0 Å². The summed E-state index contributed by atoms with van der Waals surface area (Å²) >= 11 is 0. The lowest BCUT2D eigenvalue weighted by Crippen LogP contribution is -2.19. The van der Waals surface area contributed by atoms with Gasteiger partial charge in [-0.3, -0.25) is 4.68 Å². The summed E-state index contributed by atoms with van der Waals surface area (Å²) in [5.74, 6) is 0. The van der Waals surface area contributed by atoms with E-state index in [1.807, 2.05) is 0 Å². The van der Waals surface area contributed by atoms with E-state index in [1.54, 1.807) is 13.8 Å². The number of rotatable bonds is 5. The first-order valence-electron chi connectivity index (χ1n) is 5.13. The average molecular weight is 252 g/mol. The molecule has 1 N–H and O–H groups in total. The minimum absolute atomic E-state index is 0.0632. The Bertz CT molecular complexity index is 374. The number of nitrogens with zero attached hydrogens (tertiary/aromatic N) is 2. The molecule has 98 valence electrons. The van der Waals surface area contributed by atoms with Crippen molar-refractivity contribution in [2.45, 2.75) is 33.2 Å². The first kappa shape index (κ1) is 14.0. The summed E-state index contributed by atoms with van der Waals surface area (Å²) in [4.78, 5) is 0. The quantitative estimate of drug-likeness (QED) is 0.809. The minimum atomic E-state index is -4.30. The first-order valence-corrected chi connectivity index (χ1v) is 5.13. The van der Waals surface area contributed by atoms with E-state index in [4.69, 9.17) is 5.11 Å². The summed E-state index contributed by atoms with van der Waals surface area (Å²) in [6, 6.07) is 0. The zero-order valence-electron chi connectivity index (χ0n) is 9.71. The molecular formula is C10H15F3N2O2. The number of halogens is 3. The predicted molar refractivity (Wildman–Crippen MR) is 54.5 cm³/mol. The van der Waals surface area contributed by atoms with Crippen LogP contribution in [-0.4, -0.2) is 34.3 Å². The molecule has 0 aromatic carbocycles. The van der Waals surface area contributed by atoms with Gasteiger partial charge in [-0.25, -0.2) is 0 Å². The van der Waals surface area contributed by atoms with Crippen molar-refractivity contribution in [3.8, 4) is 0 Å². The van der Waals surface area contributed by atoms with E-state index < -0.39 is 12.8 Å². The third-order valence-corrected chi connectivity index (χ3v) is 2.40. The van der Waals surface area contributed by atoms with Crippen LogP contribution in [0.5, 0.6) is 0 Å². The van der Waals surface area contributed by atoms with E-state index in [0.29, 0.717) is 11.3 Å². The number of alkyl halides is 3. The van der Waals surface area contributed by atoms with Gasteiger partial charge in [-0.1, -0.05) is 0 Å². The van der Waals surface area contributed by atoms with Crippen LogP contribution in [0.3, 0.4) is 0 Å². The molecule has 1 aromatic rings. The molecule has 0 radical (unpaired) electrons. The zero-order valence-corrected chi connectivity index (χ0v) is 9.71. The maximum absolute atomic E-state index is 11.8. The van der Waals surface area contributed by atoms with Crippen LogP contribution in [0.25, 0.3) is 0 Å². The van der Waals surface area contributed by atoms with Crippen LogP contribution in [0, 0.1) is 13.8 Å². The molecule has 0 aliphatic carbocycles. The number of aromatic nitrogens is 2. The first-order chi connectivity index (χ1) is 7.85. The van der Waals surface area contributed by atoms with Crippen molar-refractivity contribution >= 4 is 0 Å². The Morgan fingerprint density at radius 3 is 2.47 bits per heavy atom. The maximum Gasteiger partial charge on any atom is 0.411 e. The number of hydrogen-bond acceptors (Lipinski definition) is 3. The van der Waals surface area contributed by atoms with Crippen LogP contribution in [0.4, 0.5) is 13.2 Å². The molecule has 0 bridgehead atoms. The van der Waals surface area contributed by atoms with Gasteiger partial charge in [-0.15, -0.1) is 0 Å². The summed E-state index contributed by atoms with van der Waals surface area (Å²) in [6.45, 7) is 2.30. The second-order valence-corrected chi connectivity index (χ2v) is 3.70. The minimum Gasteiger partial charge on any atom is -0.392 e. The second-order valence-electron chi connectivity index (χ2n) is 3.70. The van der Waals surface area contributed by atoms with Gasteiger partial charge in [0.05, 0.1) is 25.5 Å². The molecule has 0 aliphatic rings. The summed E-state index contributed by atoms with van der Waals surface area (Å²) in [6.07, 6.45) is -4.30. The van der Waals surface area contributed by atoms with Crippen molar-refractivity contribution in [1.82, 2.24) is 9.78 Å². The Morgan fingerprint density at radius 1 is 1.35 bits per heavy atom. The normalized spacial score (nSPS) is 12.1. The smallest absolute Gasteiger partial charge is 0.392 e. The van der Waals surface area contributed by atoms with Crippen molar-refractivity contribution < 1.29 is 23.0 Å². The molecule has 0 saturated carbocycles. The molecule has 1 aromatic heterocycles. The zero-order chi connectivity index (χ0) is 13.1. The molecule has 0 spiro atoms. The molecule has 0 aliphatic heterocycles. The van der Waals surface area contributed by atoms with Crippen molar-refractivity contribution in [1.29, 1.82) is 0 Å². The van der Waals surface area contributed by atoms with Crippen molar-refractivity contribution in [2.75, 3.05) is 13.2 Å². The van der Waals surface area contributed by atoms with Gasteiger partial charge in [0.1, 0.15) is 6.61 Å². The van der Waals surface area contributed by atoms with Crippen LogP contribution in [0.2, 0.25) is 0 Å². The highest BCUT2D eigenvalue weighted by molar-refractivity contribution is 5.23. The highest BCUT2D eigenvalue weighted by Crippen LogP contribution is 2.15. The molecule has 0 unspecified atom stereocenters. The SMILES string of the molecule is Cc1nn(CCOCC(F)(F)F)c(C)c1CO. The molecular weight excluding hydrogens is 237 g/mol. The fourth-order valence-electron chi connectivity index (χ4n) is 1.52. The van der Waals surface area contributed by atoms with Gasteiger partial charge < -0.3 is 9.84 Å². The largest absolute Gasteiger partial charge is 0.411 e. The highest BCUT2D eigenvalue weighted by Gasteiger charge is 2.27. The fourth-order valence-corrected chi connectivity index (χ4v) is 1.52. The standard InChI is InChI=1S/C10H15F3N2O2/c1-7-9(5-16)8(2)15(14-7)3-4-17-6-10(11,12)13/h16H,3-6H2,1-2H3. The Kier molecular flexibility index (Phi) is 4.53. The molecule has 1 heterocycles. The maximum atomic E-state index is 11.8. The van der Waals surface area contributed by atoms with Crippen LogP contribution in [-0.2, 0) is 17.9 Å². The van der Waals surface area contributed by atoms with Gasteiger partial charge in [0.2, 0.25) is 0 Å². The van der Waals surface area contributed by atoms with Gasteiger partial charge in [-0.05, 0) is 13.8 Å². The topological polar surface area (TPSA) is 47.3 Å². The third-order valence-electron chi connectivity index (χ3n) is 2.40. The molecule has 0 fully saturated rings. The number of hydrogen-bond donors (Lipinski definition) is 1. The van der Waals surface area contributed by atoms with Crippen molar-refractivity contribution in [2.24, 2.45) is 0 Å². The monoisotopic (exact) mass is 252 g/mol. The van der Waals surface area contributed by atoms with Crippen LogP contribution in [0.15, 0.2) is 0 Å². The molecule has 0 atom stereocenters. The number of ether oxygens (including phenoxy) is 1. The summed E-state index contributed by atoms with van der Waals surface area (Å²) in [5.41, 5.74) is 2.14. The van der Waals surface area contributed by atoms with Crippen LogP contribution < -0.4 is 0 Å². The van der Waals surface area contributed by atoms with Gasteiger partial charge in [0, 0.05) is 11.3 Å². The number of aliphatic hydroxyl groups excluding tert-OH is 1. The van der Waals surface area contributed by atoms with Gasteiger partial charge >= 0.3 is 6.18 Å². The van der Waals surface area contributed by atoms with Crippen molar-refractivity contribution in [3.05, 3.63) is 17.0 Å². The van der Waals surface area contributed by atoms with E-state index in [-0.39, 0.29) is 19.8 Å². The Morgan fingerprint density at radius 2 is 2.00 bits per heavy atom. The van der Waals surface area contributed by atoms with Crippen molar-refractivity contribution in [3.63, 3.8) is 0 Å². The fraction of sp³-hybridized carbons (Fsp3) is 0.700. The van der Waals surface area contributed by atoms with Gasteiger partial charge in [-0.2, -0.15) is 18.3 Å². The van der Waals surface area contributed by atoms with Gasteiger partial charge in [0.15, 0.2) is 0 Å². The third kappa shape index (κ3) is 4.01. The van der Waals surface area contributed by atoms with E-state index in [2.05, 4.69) is 9.84 Å². The van der Waals surface area contributed by atoms with Crippen LogP contribution >= 0.6 is 0 Å². The number of aliphatic hydroxyl groups is 1. The lowest BCUT2D eigenvalue weighted by atomic mass is 10.2. The molecule has 17 heavy (non-hydrogen) atoms. The predicted octanol–water partition coefficient (Wildman–Crippen LogP) is 1.57. The molecule has 1 rings (SSSR count). The molecule has 0 amide bonds. The molecule has 7 heteroatoms. The summed E-state index contributed by atoms with van der Waals surface area (Å²) in [7, 11) is 0. The Hall–Kier alpha value is -1.08. The summed E-state index contributed by atoms with van der Waals surface area (Å²) < 4.78 is 41.4. The average Bonchev–Trinajstić information content (AvgIpc) is 2.47. The lowest BCUT2D eigenvalue weighted by Gasteiger charge is -2.08. The number of aryl methyl sites for hydroxylation is 1. The molecule has 4 nitrogen and oxygen atoms in total. The van der Waals surface area contributed by atoms with E-state index >= 15 is 0 Å². The summed E-state index contributed by atoms with van der Waals surface area (Å²) in [5, 5.41) is 13.2. The van der Waals surface area contributed by atoms with Gasteiger partial charge in [0.25, 0.3) is 0 Å². The van der Waals surface area contributed by atoms with E-state index in [1.165, 1.54) is 4.68 Å². The Balaban J connectivity index is 2.47. The van der Waals surface area contributed by atoms with E-state index in [9.17, 15) is 13.2 Å². The van der Waals surface area contributed by atoms with Crippen LogP contribution in [0.1, 0.15) is 17.0 Å². The van der Waals surface area contributed by atoms with E-state index in [0.717, 1.165) is 5.69 Å². The highest BCUT2D eigenvalue weighted by atomic mass is 19.4.